The topological polar surface area (TPSA) is 33.5 Å². The van der Waals surface area contributed by atoms with Gasteiger partial charge in [0.05, 0.1) is 12.6 Å². The molecule has 0 amide bonds. The van der Waals surface area contributed by atoms with Crippen molar-refractivity contribution >= 4 is 0 Å². The molecule has 102 valence electrons. The molecule has 0 N–H and O–H groups in total. The summed E-state index contributed by atoms with van der Waals surface area (Å²) in [4.78, 5) is 7.34. The summed E-state index contributed by atoms with van der Waals surface area (Å²) in [5, 5.41) is 8.96. The molecule has 0 bridgehead atoms. The van der Waals surface area contributed by atoms with E-state index in [1.165, 1.54) is 51.9 Å². The molecule has 0 radical (unpaired) electrons. The Morgan fingerprint density at radius 3 is 2.44 bits per heavy atom. The Balaban J connectivity index is 1.73. The standard InChI is InChI=1S/C14H26N4/c1-16-8-10-17(11-9-16)12-13-18(7-6-15)14-4-2-3-5-14/h14H,2-5,7-13H2,1H3. The Morgan fingerprint density at radius 1 is 1.17 bits per heavy atom. The highest BCUT2D eigenvalue weighted by Gasteiger charge is 2.23. The van der Waals surface area contributed by atoms with Crippen LogP contribution in [-0.2, 0) is 0 Å². The Hall–Kier alpha value is -0.630. The summed E-state index contributed by atoms with van der Waals surface area (Å²) in [6, 6.07) is 3.02. The maximum absolute atomic E-state index is 8.96. The lowest BCUT2D eigenvalue weighted by Crippen LogP contribution is -2.48. The molecule has 1 aliphatic heterocycles. The molecular formula is C14H26N4. The maximum Gasteiger partial charge on any atom is 0.0868 e. The van der Waals surface area contributed by atoms with Gasteiger partial charge in [-0.15, -0.1) is 0 Å². The second kappa shape index (κ2) is 7.08. The summed E-state index contributed by atoms with van der Waals surface area (Å²) in [6.07, 6.45) is 5.29. The van der Waals surface area contributed by atoms with Crippen LogP contribution in [0, 0.1) is 11.3 Å². The van der Waals surface area contributed by atoms with Gasteiger partial charge in [0.25, 0.3) is 0 Å². The van der Waals surface area contributed by atoms with E-state index in [1.54, 1.807) is 0 Å². The summed E-state index contributed by atoms with van der Waals surface area (Å²) in [5.41, 5.74) is 0. The Kier molecular flexibility index (Phi) is 5.43. The van der Waals surface area contributed by atoms with Gasteiger partial charge in [-0.25, -0.2) is 0 Å². The van der Waals surface area contributed by atoms with Gasteiger partial charge in [0.1, 0.15) is 0 Å². The van der Waals surface area contributed by atoms with Crippen molar-refractivity contribution in [3.63, 3.8) is 0 Å². The van der Waals surface area contributed by atoms with Gasteiger partial charge in [0.15, 0.2) is 0 Å². The molecule has 0 unspecified atom stereocenters. The Morgan fingerprint density at radius 2 is 1.83 bits per heavy atom. The number of hydrogen-bond acceptors (Lipinski definition) is 4. The van der Waals surface area contributed by atoms with Gasteiger partial charge < -0.3 is 4.90 Å². The summed E-state index contributed by atoms with van der Waals surface area (Å²) >= 11 is 0. The molecule has 4 nitrogen and oxygen atoms in total. The van der Waals surface area contributed by atoms with Crippen molar-refractivity contribution in [1.82, 2.24) is 14.7 Å². The molecule has 4 heteroatoms. The normalized spacial score (nSPS) is 23.6. The van der Waals surface area contributed by atoms with E-state index in [9.17, 15) is 0 Å². The lowest BCUT2D eigenvalue weighted by Gasteiger charge is -2.34. The van der Waals surface area contributed by atoms with Crippen LogP contribution >= 0.6 is 0 Å². The second-order valence-corrected chi connectivity index (χ2v) is 5.71. The largest absolute Gasteiger partial charge is 0.304 e. The van der Waals surface area contributed by atoms with Gasteiger partial charge in [-0.2, -0.15) is 5.26 Å². The van der Waals surface area contributed by atoms with Gasteiger partial charge in [0, 0.05) is 45.3 Å². The van der Waals surface area contributed by atoms with Crippen molar-refractivity contribution in [3.8, 4) is 6.07 Å². The number of hydrogen-bond donors (Lipinski definition) is 0. The molecule has 1 saturated heterocycles. The fourth-order valence-corrected chi connectivity index (χ4v) is 3.09. The summed E-state index contributed by atoms with van der Waals surface area (Å²) in [7, 11) is 2.19. The van der Waals surface area contributed by atoms with Crippen molar-refractivity contribution < 1.29 is 0 Å². The smallest absolute Gasteiger partial charge is 0.0868 e. The van der Waals surface area contributed by atoms with Gasteiger partial charge in [-0.05, 0) is 19.9 Å². The van der Waals surface area contributed by atoms with Crippen LogP contribution in [0.5, 0.6) is 0 Å². The van der Waals surface area contributed by atoms with Crippen molar-refractivity contribution in [2.24, 2.45) is 0 Å². The molecule has 1 saturated carbocycles. The third-order valence-corrected chi connectivity index (χ3v) is 4.41. The number of nitriles is 1. The van der Waals surface area contributed by atoms with Gasteiger partial charge >= 0.3 is 0 Å². The molecule has 0 atom stereocenters. The molecule has 0 spiro atoms. The van der Waals surface area contributed by atoms with E-state index in [1.807, 2.05) is 0 Å². The first-order chi connectivity index (χ1) is 8.79. The summed E-state index contributed by atoms with van der Waals surface area (Å²) in [6.45, 7) is 7.54. The minimum Gasteiger partial charge on any atom is -0.304 e. The summed E-state index contributed by atoms with van der Waals surface area (Å²) in [5.74, 6) is 0. The molecule has 2 rings (SSSR count). The number of rotatable bonds is 5. The van der Waals surface area contributed by atoms with Crippen molar-refractivity contribution in [2.75, 3.05) is 52.9 Å². The monoisotopic (exact) mass is 250 g/mol. The SMILES string of the molecule is CN1CCN(CCN(CC#N)C2CCCC2)CC1. The maximum atomic E-state index is 8.96. The highest BCUT2D eigenvalue weighted by atomic mass is 15.3. The van der Waals surface area contributed by atoms with Crippen LogP contribution in [0.15, 0.2) is 0 Å². The molecule has 0 aromatic rings. The first-order valence-electron chi connectivity index (χ1n) is 7.31. The van der Waals surface area contributed by atoms with E-state index in [0.29, 0.717) is 12.6 Å². The average molecular weight is 250 g/mol. The van der Waals surface area contributed by atoms with Crippen LogP contribution in [0.3, 0.4) is 0 Å². The van der Waals surface area contributed by atoms with Gasteiger partial charge in [-0.3, -0.25) is 9.80 Å². The van der Waals surface area contributed by atoms with E-state index >= 15 is 0 Å². The number of nitrogens with zero attached hydrogens (tertiary/aromatic N) is 4. The van der Waals surface area contributed by atoms with Crippen molar-refractivity contribution in [3.05, 3.63) is 0 Å². The number of likely N-dealkylation sites (N-methyl/N-ethyl adjacent to an activating group) is 1. The average Bonchev–Trinajstić information content (AvgIpc) is 2.90. The van der Waals surface area contributed by atoms with Crippen LogP contribution in [0.25, 0.3) is 0 Å². The summed E-state index contributed by atoms with van der Waals surface area (Å²) < 4.78 is 0. The van der Waals surface area contributed by atoms with Crippen LogP contribution in [0.2, 0.25) is 0 Å². The highest BCUT2D eigenvalue weighted by Crippen LogP contribution is 2.23. The molecule has 0 aromatic carbocycles. The minimum absolute atomic E-state index is 0.610. The zero-order valence-corrected chi connectivity index (χ0v) is 11.6. The van der Waals surface area contributed by atoms with E-state index in [0.717, 1.165) is 13.1 Å². The van der Waals surface area contributed by atoms with E-state index in [2.05, 4.69) is 27.8 Å². The molecule has 1 aliphatic carbocycles. The van der Waals surface area contributed by atoms with E-state index < -0.39 is 0 Å². The highest BCUT2D eigenvalue weighted by molar-refractivity contribution is 4.85. The zero-order chi connectivity index (χ0) is 12.8. The van der Waals surface area contributed by atoms with Gasteiger partial charge in [-0.1, -0.05) is 12.8 Å². The van der Waals surface area contributed by atoms with Gasteiger partial charge in [0.2, 0.25) is 0 Å². The predicted octanol–water partition coefficient (Wildman–Crippen LogP) is 1.00. The third-order valence-electron chi connectivity index (χ3n) is 4.41. The molecule has 2 aliphatic rings. The van der Waals surface area contributed by atoms with Crippen LogP contribution in [-0.4, -0.2) is 73.6 Å². The third kappa shape index (κ3) is 3.94. The molecule has 0 aromatic heterocycles. The lowest BCUT2D eigenvalue weighted by molar-refractivity contribution is 0.126. The first kappa shape index (κ1) is 13.8. The molecular weight excluding hydrogens is 224 g/mol. The molecule has 2 fully saturated rings. The van der Waals surface area contributed by atoms with E-state index in [4.69, 9.17) is 5.26 Å². The van der Waals surface area contributed by atoms with Crippen LogP contribution in [0.4, 0.5) is 0 Å². The van der Waals surface area contributed by atoms with E-state index in [-0.39, 0.29) is 0 Å². The first-order valence-corrected chi connectivity index (χ1v) is 7.31. The number of piperazine rings is 1. The quantitative estimate of drug-likeness (QED) is 0.682. The Labute approximate surface area is 111 Å². The van der Waals surface area contributed by atoms with Crippen molar-refractivity contribution in [2.45, 2.75) is 31.7 Å². The van der Waals surface area contributed by atoms with Crippen LogP contribution < -0.4 is 0 Å². The predicted molar refractivity (Wildman–Crippen MR) is 73.4 cm³/mol. The van der Waals surface area contributed by atoms with Crippen LogP contribution in [0.1, 0.15) is 25.7 Å². The second-order valence-electron chi connectivity index (χ2n) is 5.71. The minimum atomic E-state index is 0.610. The molecule has 18 heavy (non-hydrogen) atoms. The molecule has 1 heterocycles. The fraction of sp³-hybridized carbons (Fsp3) is 0.929. The van der Waals surface area contributed by atoms with Crippen molar-refractivity contribution in [1.29, 1.82) is 5.26 Å². The Bertz CT molecular complexity index is 272. The fourth-order valence-electron chi connectivity index (χ4n) is 3.09. The lowest BCUT2D eigenvalue weighted by atomic mass is 10.2. The zero-order valence-electron chi connectivity index (χ0n) is 11.6.